The Bertz CT molecular complexity index is 299. The number of thioether (sulfide) groups is 1. The molecule has 0 aromatic rings. The van der Waals surface area contributed by atoms with Gasteiger partial charge in [0, 0.05) is 7.05 Å². The number of nitrogens with one attached hydrogen (secondary N) is 1. The van der Waals surface area contributed by atoms with Crippen LogP contribution in [0.4, 0.5) is 0 Å². The molecule has 1 saturated heterocycles. The molecule has 16 heavy (non-hydrogen) atoms. The summed E-state index contributed by atoms with van der Waals surface area (Å²) in [5.74, 6) is 0. The van der Waals surface area contributed by atoms with Crippen LogP contribution in [-0.2, 0) is 4.74 Å². The average molecular weight is 248 g/mol. The number of amidine groups is 1. The summed E-state index contributed by atoms with van der Waals surface area (Å²) in [5, 5.41) is 32.7. The van der Waals surface area contributed by atoms with Gasteiger partial charge in [-0.1, -0.05) is 11.8 Å². The first kappa shape index (κ1) is 12.1. The Morgan fingerprint density at radius 1 is 1.44 bits per heavy atom. The van der Waals surface area contributed by atoms with Gasteiger partial charge in [0.1, 0.15) is 29.8 Å². The maximum Gasteiger partial charge on any atom is 0.159 e. The van der Waals surface area contributed by atoms with Gasteiger partial charge in [0.2, 0.25) is 0 Å². The zero-order valence-electron chi connectivity index (χ0n) is 9.07. The van der Waals surface area contributed by atoms with Gasteiger partial charge < -0.3 is 25.4 Å². The van der Waals surface area contributed by atoms with E-state index in [1.165, 1.54) is 18.7 Å². The molecule has 0 bridgehead atoms. The Morgan fingerprint density at radius 2 is 2.12 bits per heavy atom. The molecule has 92 valence electrons. The molecular weight excluding hydrogens is 232 g/mol. The van der Waals surface area contributed by atoms with Gasteiger partial charge in [-0.3, -0.25) is 4.99 Å². The summed E-state index contributed by atoms with van der Waals surface area (Å²) in [7, 11) is 1.73. The molecule has 2 rings (SSSR count). The van der Waals surface area contributed by atoms with E-state index >= 15 is 0 Å². The molecule has 1 fully saturated rings. The van der Waals surface area contributed by atoms with E-state index in [-0.39, 0.29) is 5.44 Å². The van der Waals surface area contributed by atoms with Gasteiger partial charge in [-0.25, -0.2) is 0 Å². The number of fused-ring (bicyclic) bond motifs is 1. The molecule has 2 aliphatic rings. The minimum absolute atomic E-state index is 0.347. The van der Waals surface area contributed by atoms with Crippen LogP contribution in [-0.4, -0.2) is 63.4 Å². The van der Waals surface area contributed by atoms with Crippen molar-refractivity contribution in [3.63, 3.8) is 0 Å². The number of rotatable bonds is 1. The highest BCUT2D eigenvalue weighted by Gasteiger charge is 2.49. The van der Waals surface area contributed by atoms with Gasteiger partial charge in [0.15, 0.2) is 5.17 Å². The van der Waals surface area contributed by atoms with Gasteiger partial charge in [-0.05, 0) is 6.92 Å². The first-order valence-corrected chi connectivity index (χ1v) is 6.04. The fourth-order valence-corrected chi connectivity index (χ4v) is 2.97. The second kappa shape index (κ2) is 4.50. The number of ether oxygens (including phenoxy) is 1. The van der Waals surface area contributed by atoms with Crippen molar-refractivity contribution in [1.82, 2.24) is 5.32 Å². The number of hydrogen-bond acceptors (Lipinski definition) is 7. The lowest BCUT2D eigenvalue weighted by Gasteiger charge is -2.39. The van der Waals surface area contributed by atoms with Gasteiger partial charge in [0.05, 0.1) is 6.10 Å². The highest BCUT2D eigenvalue weighted by Crippen LogP contribution is 2.36. The molecule has 0 aromatic heterocycles. The lowest BCUT2D eigenvalue weighted by molar-refractivity contribution is -0.181. The van der Waals surface area contributed by atoms with Crippen molar-refractivity contribution in [2.45, 2.75) is 42.8 Å². The minimum atomic E-state index is -1.11. The van der Waals surface area contributed by atoms with E-state index in [9.17, 15) is 15.3 Å². The quantitative estimate of drug-likeness (QED) is 0.451. The fourth-order valence-electron chi connectivity index (χ4n) is 1.91. The third kappa shape index (κ3) is 1.93. The summed E-state index contributed by atoms with van der Waals surface area (Å²) in [6.07, 6.45) is -3.71. The number of aliphatic hydroxyl groups excluding tert-OH is 3. The Balaban J connectivity index is 2.14. The topological polar surface area (TPSA) is 94.3 Å². The summed E-state index contributed by atoms with van der Waals surface area (Å²) >= 11 is 1.36. The van der Waals surface area contributed by atoms with Crippen LogP contribution in [0.3, 0.4) is 0 Å². The third-order valence-corrected chi connectivity index (χ3v) is 3.95. The van der Waals surface area contributed by atoms with E-state index in [2.05, 4.69) is 10.3 Å². The summed E-state index contributed by atoms with van der Waals surface area (Å²) in [5.41, 5.74) is -0.347. The summed E-state index contributed by atoms with van der Waals surface area (Å²) in [6.45, 7) is 1.53. The molecule has 0 saturated carbocycles. The SMILES string of the molecule is CNC1=N[C@@H]2[C@@H](O)[C@H](O)[C@@H]([C@@H](C)O)O[C@@H]2S1. The predicted octanol–water partition coefficient (Wildman–Crippen LogP) is -1.50. The third-order valence-electron chi connectivity index (χ3n) is 2.79. The number of aliphatic imine (C=N–C) groups is 1. The average Bonchev–Trinajstić information content (AvgIpc) is 2.66. The Labute approximate surface area is 97.7 Å². The maximum absolute atomic E-state index is 9.89. The van der Waals surface area contributed by atoms with E-state index in [4.69, 9.17) is 4.74 Å². The number of aliphatic hydroxyl groups is 3. The van der Waals surface area contributed by atoms with Crippen molar-refractivity contribution < 1.29 is 20.1 Å². The molecule has 0 amide bonds. The van der Waals surface area contributed by atoms with Crippen molar-refractivity contribution in [2.24, 2.45) is 4.99 Å². The summed E-state index contributed by atoms with van der Waals surface area (Å²) in [6, 6.07) is -0.475. The van der Waals surface area contributed by atoms with E-state index in [0.717, 1.165) is 0 Å². The first-order chi connectivity index (χ1) is 7.54. The van der Waals surface area contributed by atoms with Crippen LogP contribution in [0.25, 0.3) is 0 Å². The molecule has 2 heterocycles. The molecule has 7 heteroatoms. The Morgan fingerprint density at radius 3 is 2.69 bits per heavy atom. The van der Waals surface area contributed by atoms with Crippen molar-refractivity contribution in [3.8, 4) is 0 Å². The maximum atomic E-state index is 9.89. The van der Waals surface area contributed by atoms with Gasteiger partial charge in [-0.15, -0.1) is 0 Å². The molecule has 0 spiro atoms. The van der Waals surface area contributed by atoms with Crippen molar-refractivity contribution in [1.29, 1.82) is 0 Å². The lowest BCUT2D eigenvalue weighted by Crippen LogP contribution is -2.57. The molecule has 0 aliphatic carbocycles. The zero-order chi connectivity index (χ0) is 11.9. The standard InChI is InChI=1S/C9H16N2O4S/c1-3(12)7-6(14)5(13)4-8(15-7)16-9(10-2)11-4/h3-8,12-14H,1-2H3,(H,10,11)/t3-,4-,5-,6+,7-,8-/m1/s1. The largest absolute Gasteiger partial charge is 0.391 e. The molecule has 0 aromatic carbocycles. The molecule has 2 aliphatic heterocycles. The van der Waals surface area contributed by atoms with Crippen molar-refractivity contribution in [3.05, 3.63) is 0 Å². The monoisotopic (exact) mass is 248 g/mol. The zero-order valence-corrected chi connectivity index (χ0v) is 9.89. The molecule has 6 atom stereocenters. The van der Waals surface area contributed by atoms with Crippen LogP contribution in [0.2, 0.25) is 0 Å². The second-order valence-electron chi connectivity index (χ2n) is 3.98. The Hall–Kier alpha value is -0.340. The highest BCUT2D eigenvalue weighted by molar-refractivity contribution is 8.14. The highest BCUT2D eigenvalue weighted by atomic mass is 32.2. The lowest BCUT2D eigenvalue weighted by atomic mass is 9.95. The van der Waals surface area contributed by atoms with Gasteiger partial charge in [-0.2, -0.15) is 0 Å². The van der Waals surface area contributed by atoms with E-state index in [1.807, 2.05) is 0 Å². The smallest absolute Gasteiger partial charge is 0.159 e. The normalized spacial score (nSPS) is 44.8. The molecular formula is C9H16N2O4S. The van der Waals surface area contributed by atoms with Crippen molar-refractivity contribution >= 4 is 16.9 Å². The number of hydrogen-bond donors (Lipinski definition) is 4. The van der Waals surface area contributed by atoms with Crippen LogP contribution < -0.4 is 5.32 Å². The predicted molar refractivity (Wildman–Crippen MR) is 60.2 cm³/mol. The van der Waals surface area contributed by atoms with Crippen LogP contribution in [0.5, 0.6) is 0 Å². The van der Waals surface area contributed by atoms with Crippen LogP contribution >= 0.6 is 11.8 Å². The van der Waals surface area contributed by atoms with Crippen LogP contribution in [0.1, 0.15) is 6.92 Å². The molecule has 6 nitrogen and oxygen atoms in total. The molecule has 4 N–H and O–H groups in total. The molecule has 0 unspecified atom stereocenters. The van der Waals surface area contributed by atoms with E-state index in [0.29, 0.717) is 5.17 Å². The Kier molecular flexibility index (Phi) is 3.41. The summed E-state index contributed by atoms with van der Waals surface area (Å²) in [4.78, 5) is 4.21. The molecule has 0 radical (unpaired) electrons. The second-order valence-corrected chi connectivity index (χ2v) is 5.07. The first-order valence-electron chi connectivity index (χ1n) is 5.16. The summed E-state index contributed by atoms with van der Waals surface area (Å²) < 4.78 is 5.53. The van der Waals surface area contributed by atoms with Crippen LogP contribution in [0, 0.1) is 0 Å². The minimum Gasteiger partial charge on any atom is -0.391 e. The number of nitrogens with zero attached hydrogens (tertiary/aromatic N) is 1. The fraction of sp³-hybridized carbons (Fsp3) is 0.889. The van der Waals surface area contributed by atoms with Gasteiger partial charge in [0.25, 0.3) is 0 Å². The van der Waals surface area contributed by atoms with E-state index < -0.39 is 30.5 Å². The van der Waals surface area contributed by atoms with Crippen molar-refractivity contribution in [2.75, 3.05) is 7.05 Å². The van der Waals surface area contributed by atoms with E-state index in [1.54, 1.807) is 7.05 Å². The van der Waals surface area contributed by atoms with Crippen LogP contribution in [0.15, 0.2) is 4.99 Å². The van der Waals surface area contributed by atoms with Gasteiger partial charge >= 0.3 is 0 Å².